The Balaban J connectivity index is 0.000000929. The topological polar surface area (TPSA) is 0 Å². The highest BCUT2D eigenvalue weighted by Crippen LogP contribution is 2.19. The second-order valence-electron chi connectivity index (χ2n) is 9.43. The standard InChI is InChI=1S/C20H43ClSi.C7H8/c1-4-5-6-7-8-9-10-11-12-13-14-15-16-17-18-19-20-22(2,3)21;1-7-5-3-2-4-6-7/h4-20H2,1-3H3;2-6H,1H3. The van der Waals surface area contributed by atoms with Crippen LogP contribution in [0.3, 0.4) is 0 Å². The maximum Gasteiger partial charge on any atom is 0.150 e. The molecule has 0 unspecified atom stereocenters. The molecule has 0 radical (unpaired) electrons. The molecule has 0 aromatic heterocycles. The zero-order chi connectivity index (χ0) is 21.6. The minimum Gasteiger partial charge on any atom is -0.168 e. The number of benzene rings is 1. The molecule has 0 spiro atoms. The predicted molar refractivity (Wildman–Crippen MR) is 139 cm³/mol. The molecular weight excluding hydrogens is 388 g/mol. The number of rotatable bonds is 17. The van der Waals surface area contributed by atoms with Crippen molar-refractivity contribution < 1.29 is 0 Å². The summed E-state index contributed by atoms with van der Waals surface area (Å²) in [5, 5.41) is 0. The molecule has 0 amide bonds. The van der Waals surface area contributed by atoms with Crippen LogP contribution >= 0.6 is 11.1 Å². The average Bonchev–Trinajstić information content (AvgIpc) is 2.68. The molecule has 0 N–H and O–H groups in total. The van der Waals surface area contributed by atoms with Crippen LogP contribution < -0.4 is 0 Å². The van der Waals surface area contributed by atoms with Crippen molar-refractivity contribution >= 4 is 18.5 Å². The van der Waals surface area contributed by atoms with E-state index in [1.54, 1.807) is 0 Å². The first kappa shape index (κ1) is 28.7. The van der Waals surface area contributed by atoms with Crippen LogP contribution in [0.2, 0.25) is 19.1 Å². The van der Waals surface area contributed by atoms with Crippen molar-refractivity contribution in [1.82, 2.24) is 0 Å². The van der Waals surface area contributed by atoms with Gasteiger partial charge in [-0.05, 0) is 13.0 Å². The van der Waals surface area contributed by atoms with Gasteiger partial charge in [-0.25, -0.2) is 0 Å². The van der Waals surface area contributed by atoms with Crippen LogP contribution in [-0.4, -0.2) is 7.38 Å². The number of halogens is 1. The zero-order valence-corrected chi connectivity index (χ0v) is 22.0. The maximum absolute atomic E-state index is 6.34. The van der Waals surface area contributed by atoms with Gasteiger partial charge in [0, 0.05) is 0 Å². The van der Waals surface area contributed by atoms with E-state index in [1.165, 1.54) is 114 Å². The van der Waals surface area contributed by atoms with E-state index in [9.17, 15) is 0 Å². The van der Waals surface area contributed by atoms with Crippen LogP contribution in [0, 0.1) is 6.92 Å². The Kier molecular flexibility index (Phi) is 20.8. The molecule has 0 nitrogen and oxygen atoms in total. The van der Waals surface area contributed by atoms with Crippen molar-refractivity contribution in [3.63, 3.8) is 0 Å². The van der Waals surface area contributed by atoms with Gasteiger partial charge in [0.05, 0.1) is 0 Å². The van der Waals surface area contributed by atoms with Crippen LogP contribution in [0.1, 0.15) is 115 Å². The van der Waals surface area contributed by atoms with Gasteiger partial charge in [-0.15, -0.1) is 0 Å². The van der Waals surface area contributed by atoms with Gasteiger partial charge in [-0.2, -0.15) is 11.1 Å². The Morgan fingerprint density at radius 3 is 1.21 bits per heavy atom. The summed E-state index contributed by atoms with van der Waals surface area (Å²) in [4.78, 5) is 0. The molecule has 29 heavy (non-hydrogen) atoms. The number of unbranched alkanes of at least 4 members (excludes halogenated alkanes) is 15. The van der Waals surface area contributed by atoms with Crippen molar-refractivity contribution in [3.05, 3.63) is 35.9 Å². The van der Waals surface area contributed by atoms with E-state index in [2.05, 4.69) is 39.1 Å². The Morgan fingerprint density at radius 2 is 0.931 bits per heavy atom. The molecule has 0 aliphatic rings. The Morgan fingerprint density at radius 1 is 0.586 bits per heavy atom. The molecule has 0 saturated carbocycles. The van der Waals surface area contributed by atoms with E-state index in [4.69, 9.17) is 11.1 Å². The van der Waals surface area contributed by atoms with Crippen LogP contribution in [0.4, 0.5) is 0 Å². The fraction of sp³-hybridized carbons (Fsp3) is 0.778. The van der Waals surface area contributed by atoms with Crippen molar-refractivity contribution in [3.8, 4) is 0 Å². The normalized spacial score (nSPS) is 11.2. The molecule has 0 aliphatic carbocycles. The highest BCUT2D eigenvalue weighted by Gasteiger charge is 2.15. The highest BCUT2D eigenvalue weighted by molar-refractivity contribution is 7.19. The molecule has 0 aliphatic heterocycles. The molecule has 0 bridgehead atoms. The monoisotopic (exact) mass is 438 g/mol. The van der Waals surface area contributed by atoms with E-state index in [0.29, 0.717) is 0 Å². The van der Waals surface area contributed by atoms with Crippen LogP contribution in [0.5, 0.6) is 0 Å². The third kappa shape index (κ3) is 25.7. The van der Waals surface area contributed by atoms with E-state index in [1.807, 2.05) is 18.2 Å². The van der Waals surface area contributed by atoms with Gasteiger partial charge in [0.25, 0.3) is 0 Å². The molecule has 170 valence electrons. The first-order valence-corrected chi connectivity index (χ1v) is 16.9. The molecule has 1 aromatic rings. The molecule has 0 saturated heterocycles. The van der Waals surface area contributed by atoms with E-state index < -0.39 is 7.38 Å². The van der Waals surface area contributed by atoms with Crippen LogP contribution in [0.15, 0.2) is 30.3 Å². The van der Waals surface area contributed by atoms with Gasteiger partial charge in [-0.3, -0.25) is 0 Å². The summed E-state index contributed by atoms with van der Waals surface area (Å²) in [5.74, 6) is 0. The van der Waals surface area contributed by atoms with E-state index in [0.717, 1.165) is 0 Å². The van der Waals surface area contributed by atoms with Crippen molar-refractivity contribution in [1.29, 1.82) is 0 Å². The third-order valence-corrected chi connectivity index (χ3v) is 7.67. The van der Waals surface area contributed by atoms with Gasteiger partial charge in [-0.1, -0.05) is 159 Å². The largest absolute Gasteiger partial charge is 0.168 e. The number of hydrogen-bond acceptors (Lipinski definition) is 0. The first-order chi connectivity index (χ1) is 14.0. The summed E-state index contributed by atoms with van der Waals surface area (Å²) >= 11 is 6.34. The predicted octanol–water partition coefficient (Wildman–Crippen LogP) is 10.7. The quantitative estimate of drug-likeness (QED) is 0.129. The van der Waals surface area contributed by atoms with Crippen molar-refractivity contribution in [2.75, 3.05) is 0 Å². The number of hydrogen-bond donors (Lipinski definition) is 0. The van der Waals surface area contributed by atoms with Gasteiger partial charge in [0.2, 0.25) is 0 Å². The summed E-state index contributed by atoms with van der Waals surface area (Å²) in [6.07, 6.45) is 23.1. The number of aryl methyl sites for hydroxylation is 1. The van der Waals surface area contributed by atoms with Crippen molar-refractivity contribution in [2.45, 2.75) is 136 Å². The Bertz CT molecular complexity index is 424. The molecule has 0 atom stereocenters. The second-order valence-corrected chi connectivity index (χ2v) is 16.4. The average molecular weight is 439 g/mol. The zero-order valence-electron chi connectivity index (χ0n) is 20.3. The summed E-state index contributed by atoms with van der Waals surface area (Å²) in [6.45, 7) is 8.90. The van der Waals surface area contributed by atoms with Crippen LogP contribution in [0.25, 0.3) is 0 Å². The third-order valence-electron chi connectivity index (χ3n) is 5.57. The fourth-order valence-corrected chi connectivity index (χ4v) is 5.12. The fourth-order valence-electron chi connectivity index (χ4n) is 3.63. The minimum atomic E-state index is -1.29. The molecule has 1 rings (SSSR count). The van der Waals surface area contributed by atoms with Gasteiger partial charge in [0.15, 0.2) is 0 Å². The first-order valence-electron chi connectivity index (χ1n) is 12.7. The van der Waals surface area contributed by atoms with Crippen LogP contribution in [-0.2, 0) is 0 Å². The van der Waals surface area contributed by atoms with E-state index in [-0.39, 0.29) is 0 Å². The Labute approximate surface area is 189 Å². The Hall–Kier alpha value is -0.273. The molecule has 1 aromatic carbocycles. The summed E-state index contributed by atoms with van der Waals surface area (Å²) in [7, 11) is -1.29. The summed E-state index contributed by atoms with van der Waals surface area (Å²) in [5.41, 5.74) is 1.32. The lowest BCUT2D eigenvalue weighted by Crippen LogP contribution is -2.14. The van der Waals surface area contributed by atoms with Gasteiger partial charge >= 0.3 is 0 Å². The molecular formula is C27H51ClSi. The summed E-state index contributed by atoms with van der Waals surface area (Å²) in [6, 6.07) is 11.6. The highest BCUT2D eigenvalue weighted by atomic mass is 35.6. The lowest BCUT2D eigenvalue weighted by atomic mass is 10.0. The van der Waals surface area contributed by atoms with E-state index >= 15 is 0 Å². The van der Waals surface area contributed by atoms with Gasteiger partial charge in [0.1, 0.15) is 7.38 Å². The second kappa shape index (κ2) is 21.0. The molecule has 0 fully saturated rings. The minimum absolute atomic E-state index is 1.29. The van der Waals surface area contributed by atoms with Crippen molar-refractivity contribution in [2.24, 2.45) is 0 Å². The molecule has 2 heteroatoms. The van der Waals surface area contributed by atoms with Gasteiger partial charge < -0.3 is 0 Å². The maximum atomic E-state index is 6.34. The SMILES string of the molecule is CCCCCCCCCCCCCCCCCC[Si](C)(C)Cl.Cc1ccccc1. The lowest BCUT2D eigenvalue weighted by molar-refractivity contribution is 0.531. The lowest BCUT2D eigenvalue weighted by Gasteiger charge is -2.11. The smallest absolute Gasteiger partial charge is 0.150 e. The molecule has 0 heterocycles. The summed E-state index contributed by atoms with van der Waals surface area (Å²) < 4.78 is 0.